The lowest BCUT2D eigenvalue weighted by Crippen LogP contribution is -2.34. The molecule has 0 aromatic heterocycles. The van der Waals surface area contributed by atoms with Gasteiger partial charge in [-0.2, -0.15) is 0 Å². The molecule has 0 N–H and O–H groups in total. The smallest absolute Gasteiger partial charge is 0.0728 e. The maximum atomic E-state index is 2.41. The molecule has 0 bridgehead atoms. The Hall–Kier alpha value is -1.08. The second-order valence-corrected chi connectivity index (χ2v) is 11.6. The summed E-state index contributed by atoms with van der Waals surface area (Å²) in [7, 11) is -0.444. The van der Waals surface area contributed by atoms with Crippen LogP contribution in [0.4, 0.5) is 0 Å². The van der Waals surface area contributed by atoms with Crippen molar-refractivity contribution in [3.05, 3.63) is 51.2 Å². The zero-order chi connectivity index (χ0) is 18.4. The van der Waals surface area contributed by atoms with E-state index in [2.05, 4.69) is 87.4 Å². The first-order valence-electron chi connectivity index (χ1n) is 9.36. The summed E-state index contributed by atoms with van der Waals surface area (Å²) in [5, 5.41) is 3.40. The molecule has 1 unspecified atom stereocenters. The molecule has 0 amide bonds. The van der Waals surface area contributed by atoms with Crippen LogP contribution in [0.15, 0.2) is 40.1 Å². The summed E-state index contributed by atoms with van der Waals surface area (Å²) in [4.78, 5) is 0. The lowest BCUT2D eigenvalue weighted by atomic mass is 9.75. The molecule has 2 rings (SSSR count). The first-order valence-corrected chi connectivity index (χ1v) is 10.8. The van der Waals surface area contributed by atoms with E-state index < -0.39 is 9.52 Å². The Balaban J connectivity index is 2.58. The van der Waals surface area contributed by atoms with E-state index in [0.29, 0.717) is 5.92 Å². The Morgan fingerprint density at radius 1 is 0.833 bits per heavy atom. The lowest BCUT2D eigenvalue weighted by Gasteiger charge is -2.33. The van der Waals surface area contributed by atoms with Gasteiger partial charge in [-0.05, 0) is 54.2 Å². The van der Waals surface area contributed by atoms with Gasteiger partial charge in [0.05, 0.1) is 9.52 Å². The van der Waals surface area contributed by atoms with Gasteiger partial charge in [0.1, 0.15) is 0 Å². The molecule has 1 heteroatoms. The standard InChI is InChI=1S/C23H36Si/c1-14-15(2)17(4)21(16(14)3)24-19-13-11-12-18(22(5,6)7)20(19)23(8,9)10/h11-13,16H,24H2,1-10H3. The highest BCUT2D eigenvalue weighted by Gasteiger charge is 2.30. The highest BCUT2D eigenvalue weighted by atomic mass is 28.2. The normalized spacial score (nSPS) is 20.0. The summed E-state index contributed by atoms with van der Waals surface area (Å²) in [6, 6.07) is 7.06. The Kier molecular flexibility index (Phi) is 5.08. The van der Waals surface area contributed by atoms with E-state index in [0.717, 1.165) is 0 Å². The monoisotopic (exact) mass is 340 g/mol. The van der Waals surface area contributed by atoms with Gasteiger partial charge in [-0.25, -0.2) is 0 Å². The van der Waals surface area contributed by atoms with E-state index in [1.807, 2.05) is 0 Å². The molecule has 0 saturated carbocycles. The minimum atomic E-state index is -0.444. The third-order valence-corrected chi connectivity index (χ3v) is 8.39. The van der Waals surface area contributed by atoms with Crippen molar-refractivity contribution in [3.8, 4) is 0 Å². The molecular formula is C23H36Si. The molecule has 1 atom stereocenters. The summed E-state index contributed by atoms with van der Waals surface area (Å²) in [6.07, 6.45) is 0. The SMILES string of the molecule is CC1=C(C)C(C)C([SiH2]c2cccc(C(C)(C)C)c2C(C)(C)C)=C1C. The van der Waals surface area contributed by atoms with Crippen molar-refractivity contribution in [2.75, 3.05) is 0 Å². The maximum Gasteiger partial charge on any atom is 0.0839 e. The molecule has 1 aliphatic rings. The van der Waals surface area contributed by atoms with Gasteiger partial charge in [0.15, 0.2) is 0 Å². The summed E-state index contributed by atoms with van der Waals surface area (Å²) in [6.45, 7) is 23.6. The van der Waals surface area contributed by atoms with E-state index in [1.54, 1.807) is 27.1 Å². The predicted octanol–water partition coefficient (Wildman–Crippen LogP) is 5.34. The van der Waals surface area contributed by atoms with Crippen LogP contribution in [0.3, 0.4) is 0 Å². The minimum absolute atomic E-state index is 0.194. The van der Waals surface area contributed by atoms with Crippen LogP contribution in [-0.4, -0.2) is 9.52 Å². The number of rotatable bonds is 2. The largest absolute Gasteiger partial charge is 0.0839 e. The Bertz CT molecular complexity index is 703. The average molecular weight is 341 g/mol. The molecule has 0 radical (unpaired) electrons. The molecule has 0 spiro atoms. The second kappa shape index (κ2) is 6.33. The van der Waals surface area contributed by atoms with Crippen molar-refractivity contribution in [2.45, 2.75) is 80.1 Å². The number of allylic oxidation sites excluding steroid dienone is 4. The summed E-state index contributed by atoms with van der Waals surface area (Å²) in [5.41, 5.74) is 8.23. The highest BCUT2D eigenvalue weighted by molar-refractivity contribution is 6.62. The van der Waals surface area contributed by atoms with E-state index in [9.17, 15) is 0 Å². The fraction of sp³-hybridized carbons (Fsp3) is 0.565. The molecule has 1 aromatic rings. The van der Waals surface area contributed by atoms with Crippen molar-refractivity contribution in [1.29, 1.82) is 0 Å². The minimum Gasteiger partial charge on any atom is -0.0728 e. The summed E-state index contributed by atoms with van der Waals surface area (Å²) >= 11 is 0. The summed E-state index contributed by atoms with van der Waals surface area (Å²) in [5.74, 6) is 0.641. The van der Waals surface area contributed by atoms with E-state index >= 15 is 0 Å². The van der Waals surface area contributed by atoms with Crippen LogP contribution >= 0.6 is 0 Å². The van der Waals surface area contributed by atoms with Crippen molar-refractivity contribution in [2.24, 2.45) is 5.92 Å². The van der Waals surface area contributed by atoms with Crippen LogP contribution in [0.5, 0.6) is 0 Å². The molecule has 0 aliphatic heterocycles. The van der Waals surface area contributed by atoms with Crippen LogP contribution in [0.1, 0.15) is 80.4 Å². The number of hydrogen-bond acceptors (Lipinski definition) is 0. The van der Waals surface area contributed by atoms with Gasteiger partial charge in [-0.1, -0.05) is 88.2 Å². The Labute approximate surface area is 152 Å². The zero-order valence-corrected chi connectivity index (χ0v) is 18.9. The van der Waals surface area contributed by atoms with Crippen LogP contribution < -0.4 is 5.19 Å². The molecule has 0 heterocycles. The van der Waals surface area contributed by atoms with Crippen LogP contribution in [0, 0.1) is 5.92 Å². The van der Waals surface area contributed by atoms with Gasteiger partial charge >= 0.3 is 0 Å². The zero-order valence-electron chi connectivity index (χ0n) is 17.5. The van der Waals surface area contributed by atoms with Gasteiger partial charge in [0, 0.05) is 0 Å². The maximum absolute atomic E-state index is 2.41. The van der Waals surface area contributed by atoms with Crippen molar-refractivity contribution in [3.63, 3.8) is 0 Å². The van der Waals surface area contributed by atoms with Crippen molar-refractivity contribution < 1.29 is 0 Å². The first kappa shape index (κ1) is 19.2. The fourth-order valence-corrected chi connectivity index (χ4v) is 6.90. The predicted molar refractivity (Wildman–Crippen MR) is 112 cm³/mol. The van der Waals surface area contributed by atoms with Crippen LogP contribution in [0.2, 0.25) is 0 Å². The molecule has 24 heavy (non-hydrogen) atoms. The second-order valence-electron chi connectivity index (χ2n) is 9.70. The summed E-state index contributed by atoms with van der Waals surface area (Å²) < 4.78 is 0. The Morgan fingerprint density at radius 2 is 1.42 bits per heavy atom. The van der Waals surface area contributed by atoms with Crippen molar-refractivity contribution >= 4 is 14.7 Å². The topological polar surface area (TPSA) is 0 Å². The molecule has 0 saturated heterocycles. The molecule has 0 nitrogen and oxygen atoms in total. The molecule has 1 aromatic carbocycles. The highest BCUT2D eigenvalue weighted by Crippen LogP contribution is 2.37. The van der Waals surface area contributed by atoms with Gasteiger partial charge in [-0.15, -0.1) is 0 Å². The van der Waals surface area contributed by atoms with Gasteiger partial charge < -0.3 is 0 Å². The van der Waals surface area contributed by atoms with Crippen LogP contribution in [0.25, 0.3) is 0 Å². The third kappa shape index (κ3) is 3.47. The van der Waals surface area contributed by atoms with Crippen molar-refractivity contribution in [1.82, 2.24) is 0 Å². The van der Waals surface area contributed by atoms with Gasteiger partial charge in [0.2, 0.25) is 0 Å². The lowest BCUT2D eigenvalue weighted by molar-refractivity contribution is 0.533. The quantitative estimate of drug-likeness (QED) is 0.638. The molecule has 132 valence electrons. The third-order valence-electron chi connectivity index (χ3n) is 5.90. The van der Waals surface area contributed by atoms with E-state index in [4.69, 9.17) is 0 Å². The molecule has 0 fully saturated rings. The Morgan fingerprint density at radius 3 is 1.83 bits per heavy atom. The first-order chi connectivity index (χ1) is 10.9. The average Bonchev–Trinajstić information content (AvgIpc) is 2.63. The van der Waals surface area contributed by atoms with E-state index in [1.165, 1.54) is 11.1 Å². The van der Waals surface area contributed by atoms with Crippen LogP contribution in [-0.2, 0) is 10.8 Å². The molecule has 1 aliphatic carbocycles. The van der Waals surface area contributed by atoms with Gasteiger partial charge in [-0.3, -0.25) is 0 Å². The fourth-order valence-electron chi connectivity index (χ4n) is 4.20. The number of benzene rings is 1. The van der Waals surface area contributed by atoms with Gasteiger partial charge in [0.25, 0.3) is 0 Å². The van der Waals surface area contributed by atoms with E-state index in [-0.39, 0.29) is 10.8 Å². The number of hydrogen-bond donors (Lipinski definition) is 0. The molecular weight excluding hydrogens is 304 g/mol.